The van der Waals surface area contributed by atoms with Gasteiger partial charge in [0.2, 0.25) is 0 Å². The monoisotopic (exact) mass is 437 g/mol. The fraction of sp³-hybridized carbons (Fsp3) is 0.967. The fourth-order valence-electron chi connectivity index (χ4n) is 4.44. The van der Waals surface area contributed by atoms with E-state index in [1.807, 2.05) is 0 Å². The first kappa shape index (κ1) is 31.0. The highest BCUT2D eigenvalue weighted by atomic mass is 16.5. The van der Waals surface area contributed by atoms with Crippen LogP contribution in [-0.4, -0.2) is 13.2 Å². The molecule has 0 aliphatic rings. The van der Waals surface area contributed by atoms with Gasteiger partial charge in [0.15, 0.2) is 0 Å². The average Bonchev–Trinajstić information content (AvgIpc) is 2.78. The van der Waals surface area contributed by atoms with Crippen LogP contribution in [0.4, 0.5) is 0 Å². The maximum Gasteiger partial charge on any atom is 0.0466 e. The van der Waals surface area contributed by atoms with Gasteiger partial charge in [0.1, 0.15) is 0 Å². The van der Waals surface area contributed by atoms with Crippen LogP contribution in [0.25, 0.3) is 0 Å². The first-order chi connectivity index (χ1) is 15.4. The van der Waals surface area contributed by atoms with E-state index < -0.39 is 0 Å². The minimum atomic E-state index is 0.967. The summed E-state index contributed by atoms with van der Waals surface area (Å²) >= 11 is 0. The topological polar surface area (TPSA) is 9.23 Å². The van der Waals surface area contributed by atoms with Crippen LogP contribution in [0.3, 0.4) is 0 Å². The SMILES string of the molecule is [CH2]CCCCCCCCCCCCCCCCCCCCCCCCCOCCCC. The van der Waals surface area contributed by atoms with Crippen molar-refractivity contribution in [2.45, 2.75) is 174 Å². The third-order valence-electron chi connectivity index (χ3n) is 6.68. The maximum atomic E-state index is 5.62. The lowest BCUT2D eigenvalue weighted by atomic mass is 10.0. The number of unbranched alkanes of at least 4 members (excludes halogenated alkanes) is 24. The van der Waals surface area contributed by atoms with Crippen molar-refractivity contribution in [3.63, 3.8) is 0 Å². The second-order valence-electron chi connectivity index (χ2n) is 9.95. The highest BCUT2D eigenvalue weighted by Crippen LogP contribution is 2.15. The maximum absolute atomic E-state index is 5.62. The molecule has 0 rings (SSSR count). The molecule has 1 heteroatoms. The van der Waals surface area contributed by atoms with Crippen molar-refractivity contribution in [3.05, 3.63) is 6.92 Å². The molecule has 0 atom stereocenters. The van der Waals surface area contributed by atoms with Gasteiger partial charge in [0, 0.05) is 13.2 Å². The predicted molar refractivity (Wildman–Crippen MR) is 142 cm³/mol. The molecule has 0 fully saturated rings. The van der Waals surface area contributed by atoms with E-state index in [-0.39, 0.29) is 0 Å². The Balaban J connectivity index is 2.98. The standard InChI is InChI=1S/C30H61O/c1-3-5-7-8-9-10-11-12-13-14-15-16-17-18-19-20-21-22-23-24-25-26-27-28-30-31-29-6-4-2/h1,3-30H2,2H3. The summed E-state index contributed by atoms with van der Waals surface area (Å²) in [6.07, 6.45) is 36.8. The molecule has 0 aromatic rings. The van der Waals surface area contributed by atoms with Crippen molar-refractivity contribution in [3.8, 4) is 0 Å². The molecule has 0 aromatic carbocycles. The van der Waals surface area contributed by atoms with E-state index in [2.05, 4.69) is 13.8 Å². The Morgan fingerprint density at radius 2 is 0.613 bits per heavy atom. The summed E-state index contributed by atoms with van der Waals surface area (Å²) in [6.45, 7) is 8.09. The Labute approximate surface area is 198 Å². The zero-order valence-electron chi connectivity index (χ0n) is 21.9. The zero-order valence-corrected chi connectivity index (χ0v) is 21.9. The summed E-state index contributed by atoms with van der Waals surface area (Å²) in [4.78, 5) is 0. The molecule has 0 aromatic heterocycles. The van der Waals surface area contributed by atoms with Crippen LogP contribution in [0.15, 0.2) is 0 Å². The van der Waals surface area contributed by atoms with Gasteiger partial charge in [0.25, 0.3) is 0 Å². The number of hydrogen-bond acceptors (Lipinski definition) is 1. The van der Waals surface area contributed by atoms with Gasteiger partial charge in [-0.1, -0.05) is 168 Å². The smallest absolute Gasteiger partial charge is 0.0466 e. The van der Waals surface area contributed by atoms with Gasteiger partial charge in [-0.25, -0.2) is 0 Å². The molecule has 0 amide bonds. The number of hydrogen-bond donors (Lipinski definition) is 0. The molecule has 0 bridgehead atoms. The average molecular weight is 438 g/mol. The molecule has 0 heterocycles. The van der Waals surface area contributed by atoms with Gasteiger partial charge in [-0.15, -0.1) is 0 Å². The minimum Gasteiger partial charge on any atom is -0.381 e. The summed E-state index contributed by atoms with van der Waals surface area (Å²) in [5.41, 5.74) is 0. The van der Waals surface area contributed by atoms with Crippen molar-refractivity contribution < 1.29 is 4.74 Å². The molecule has 0 N–H and O–H groups in total. The van der Waals surface area contributed by atoms with Crippen LogP contribution in [0.5, 0.6) is 0 Å². The largest absolute Gasteiger partial charge is 0.381 e. The molecule has 31 heavy (non-hydrogen) atoms. The van der Waals surface area contributed by atoms with Crippen molar-refractivity contribution in [2.75, 3.05) is 13.2 Å². The summed E-state index contributed by atoms with van der Waals surface area (Å²) in [6, 6.07) is 0. The van der Waals surface area contributed by atoms with Crippen LogP contribution >= 0.6 is 0 Å². The van der Waals surface area contributed by atoms with Crippen molar-refractivity contribution in [2.24, 2.45) is 0 Å². The molecule has 1 nitrogen and oxygen atoms in total. The molecule has 187 valence electrons. The van der Waals surface area contributed by atoms with Crippen LogP contribution in [0.1, 0.15) is 174 Å². The summed E-state index contributed by atoms with van der Waals surface area (Å²) in [5.74, 6) is 0. The predicted octanol–water partition coefficient (Wildman–Crippen LogP) is 11.0. The Bertz CT molecular complexity index is 260. The van der Waals surface area contributed by atoms with Crippen molar-refractivity contribution >= 4 is 0 Å². The normalized spacial score (nSPS) is 11.4. The molecule has 0 saturated carbocycles. The van der Waals surface area contributed by atoms with E-state index in [0.717, 1.165) is 19.6 Å². The van der Waals surface area contributed by atoms with Crippen molar-refractivity contribution in [1.82, 2.24) is 0 Å². The van der Waals surface area contributed by atoms with Crippen LogP contribution in [0.2, 0.25) is 0 Å². The number of ether oxygens (including phenoxy) is 1. The summed E-state index contributed by atoms with van der Waals surface area (Å²) in [5, 5.41) is 0. The Kier molecular flexibility index (Phi) is 29.9. The van der Waals surface area contributed by atoms with Gasteiger partial charge in [-0.2, -0.15) is 0 Å². The van der Waals surface area contributed by atoms with E-state index >= 15 is 0 Å². The molecule has 0 unspecified atom stereocenters. The molecular formula is C30H61O. The molecule has 0 aliphatic carbocycles. The van der Waals surface area contributed by atoms with Gasteiger partial charge in [-0.05, 0) is 12.8 Å². The third-order valence-corrected chi connectivity index (χ3v) is 6.68. The second-order valence-corrected chi connectivity index (χ2v) is 9.95. The molecular weight excluding hydrogens is 376 g/mol. The lowest BCUT2D eigenvalue weighted by molar-refractivity contribution is 0.127. The first-order valence-electron chi connectivity index (χ1n) is 14.8. The molecule has 1 radical (unpaired) electrons. The molecule has 0 aliphatic heterocycles. The van der Waals surface area contributed by atoms with Gasteiger partial charge in [0.05, 0.1) is 0 Å². The highest BCUT2D eigenvalue weighted by molar-refractivity contribution is 4.52. The van der Waals surface area contributed by atoms with E-state index in [9.17, 15) is 0 Å². The second kappa shape index (κ2) is 30.0. The van der Waals surface area contributed by atoms with Crippen LogP contribution in [0, 0.1) is 6.92 Å². The lowest BCUT2D eigenvalue weighted by Gasteiger charge is -2.05. The molecule has 0 saturated heterocycles. The van der Waals surface area contributed by atoms with Crippen molar-refractivity contribution in [1.29, 1.82) is 0 Å². The number of rotatable bonds is 28. The Hall–Kier alpha value is -0.0400. The first-order valence-corrected chi connectivity index (χ1v) is 14.8. The lowest BCUT2D eigenvalue weighted by Crippen LogP contribution is -1.96. The van der Waals surface area contributed by atoms with E-state index in [1.54, 1.807) is 0 Å². The minimum absolute atomic E-state index is 0.967. The summed E-state index contributed by atoms with van der Waals surface area (Å²) < 4.78 is 5.62. The fourth-order valence-corrected chi connectivity index (χ4v) is 4.44. The third kappa shape index (κ3) is 30.0. The van der Waals surface area contributed by atoms with Gasteiger partial charge in [-0.3, -0.25) is 0 Å². The van der Waals surface area contributed by atoms with Gasteiger partial charge >= 0.3 is 0 Å². The zero-order chi connectivity index (χ0) is 22.5. The Morgan fingerprint density at radius 3 is 0.903 bits per heavy atom. The van der Waals surface area contributed by atoms with E-state index in [4.69, 9.17) is 4.74 Å². The van der Waals surface area contributed by atoms with E-state index in [1.165, 1.54) is 161 Å². The highest BCUT2D eigenvalue weighted by Gasteiger charge is 1.96. The van der Waals surface area contributed by atoms with E-state index in [0.29, 0.717) is 0 Å². The summed E-state index contributed by atoms with van der Waals surface area (Å²) in [7, 11) is 0. The van der Waals surface area contributed by atoms with Gasteiger partial charge < -0.3 is 4.74 Å². The Morgan fingerprint density at radius 1 is 0.355 bits per heavy atom. The molecule has 0 spiro atoms. The van der Waals surface area contributed by atoms with Crippen LogP contribution in [-0.2, 0) is 4.74 Å². The quantitative estimate of drug-likeness (QED) is 0.111. The van der Waals surface area contributed by atoms with Crippen LogP contribution < -0.4 is 0 Å².